The molecule has 0 atom stereocenters. The number of likely N-dealkylation sites (tertiary alicyclic amines) is 1. The Hall–Kier alpha value is -1.79. The largest absolute Gasteiger partial charge is 0.343 e. The van der Waals surface area contributed by atoms with Crippen LogP contribution in [-0.2, 0) is 4.79 Å². The number of nitrogens with zero attached hydrogens (tertiary/aromatic N) is 1. The molecule has 1 aromatic carbocycles. The van der Waals surface area contributed by atoms with Crippen molar-refractivity contribution in [1.29, 1.82) is 0 Å². The highest BCUT2D eigenvalue weighted by molar-refractivity contribution is 5.89. The predicted octanol–water partition coefficient (Wildman–Crippen LogP) is 3.00. The highest BCUT2D eigenvalue weighted by Gasteiger charge is 2.24. The molecule has 0 aliphatic carbocycles. The van der Waals surface area contributed by atoms with Crippen molar-refractivity contribution >= 4 is 30.0 Å². The van der Waals surface area contributed by atoms with Gasteiger partial charge in [0.05, 0.1) is 0 Å². The highest BCUT2D eigenvalue weighted by atomic mass is 35.5. The van der Waals surface area contributed by atoms with Crippen LogP contribution in [0, 0.1) is 5.92 Å². The number of hydrogen-bond donors (Lipinski definition) is 3. The Morgan fingerprint density at radius 3 is 2.37 bits per heavy atom. The maximum absolute atomic E-state index is 12.4. The number of amides is 3. The van der Waals surface area contributed by atoms with E-state index in [4.69, 9.17) is 0 Å². The van der Waals surface area contributed by atoms with E-state index in [9.17, 15) is 9.59 Å². The monoisotopic (exact) mass is 394 g/mol. The summed E-state index contributed by atoms with van der Waals surface area (Å²) in [5, 5.41) is 9.23. The van der Waals surface area contributed by atoms with Gasteiger partial charge in [0.1, 0.15) is 0 Å². The van der Waals surface area contributed by atoms with Gasteiger partial charge in [0.15, 0.2) is 0 Å². The van der Waals surface area contributed by atoms with Crippen LogP contribution in [0.15, 0.2) is 30.3 Å². The maximum atomic E-state index is 12.4. The fourth-order valence-electron chi connectivity index (χ4n) is 3.80. The first-order valence-electron chi connectivity index (χ1n) is 9.82. The standard InChI is InChI=1S/C20H30N4O2.ClH/c25-19(7-6-16-8-12-21-13-9-16)24-14-10-18(11-15-24)23-20(26)22-17-4-2-1-3-5-17;/h1-5,16,18,21H,6-15H2,(H2,22,23,26);1H. The molecule has 0 spiro atoms. The zero-order valence-electron chi connectivity index (χ0n) is 15.8. The van der Waals surface area contributed by atoms with Crippen LogP contribution < -0.4 is 16.0 Å². The van der Waals surface area contributed by atoms with Gasteiger partial charge in [-0.05, 0) is 63.2 Å². The van der Waals surface area contributed by atoms with Crippen LogP contribution in [0.1, 0.15) is 38.5 Å². The van der Waals surface area contributed by atoms with Crippen LogP contribution >= 0.6 is 12.4 Å². The average Bonchev–Trinajstić information content (AvgIpc) is 2.68. The highest BCUT2D eigenvalue weighted by Crippen LogP contribution is 2.19. The van der Waals surface area contributed by atoms with Crippen LogP contribution in [0.2, 0.25) is 0 Å². The minimum atomic E-state index is -0.174. The second kappa shape index (κ2) is 11.1. The summed E-state index contributed by atoms with van der Waals surface area (Å²) in [6, 6.07) is 9.39. The van der Waals surface area contributed by atoms with Crippen molar-refractivity contribution in [2.45, 2.75) is 44.6 Å². The SMILES string of the molecule is Cl.O=C(Nc1ccccc1)NC1CCN(C(=O)CCC2CCNCC2)CC1. The Balaban J connectivity index is 0.00000261. The summed E-state index contributed by atoms with van der Waals surface area (Å²) < 4.78 is 0. The number of para-hydroxylation sites is 1. The first-order valence-corrected chi connectivity index (χ1v) is 9.82. The van der Waals surface area contributed by atoms with E-state index in [2.05, 4.69) is 16.0 Å². The molecule has 7 heteroatoms. The Kier molecular flexibility index (Phi) is 8.88. The molecule has 0 unspecified atom stereocenters. The smallest absolute Gasteiger partial charge is 0.319 e. The number of carbonyl (C=O) groups is 2. The van der Waals surface area contributed by atoms with E-state index < -0.39 is 0 Å². The molecule has 3 N–H and O–H groups in total. The number of rotatable bonds is 5. The van der Waals surface area contributed by atoms with Gasteiger partial charge < -0.3 is 20.9 Å². The third-order valence-electron chi connectivity index (χ3n) is 5.44. The zero-order chi connectivity index (χ0) is 18.2. The fraction of sp³-hybridized carbons (Fsp3) is 0.600. The van der Waals surface area contributed by atoms with E-state index in [1.54, 1.807) is 0 Å². The van der Waals surface area contributed by atoms with E-state index >= 15 is 0 Å². The minimum absolute atomic E-state index is 0. The van der Waals surface area contributed by atoms with E-state index in [1.165, 1.54) is 12.8 Å². The van der Waals surface area contributed by atoms with Crippen molar-refractivity contribution < 1.29 is 9.59 Å². The molecule has 2 heterocycles. The summed E-state index contributed by atoms with van der Waals surface area (Å²) in [6.45, 7) is 3.64. The molecule has 0 saturated carbocycles. The van der Waals surface area contributed by atoms with E-state index in [0.717, 1.165) is 51.1 Å². The molecule has 6 nitrogen and oxygen atoms in total. The zero-order valence-corrected chi connectivity index (χ0v) is 16.6. The number of hydrogen-bond acceptors (Lipinski definition) is 3. The lowest BCUT2D eigenvalue weighted by Gasteiger charge is -2.33. The van der Waals surface area contributed by atoms with Gasteiger partial charge in [0, 0.05) is 31.2 Å². The Morgan fingerprint density at radius 2 is 1.70 bits per heavy atom. The number of carbonyl (C=O) groups excluding carboxylic acids is 2. The third-order valence-corrected chi connectivity index (χ3v) is 5.44. The van der Waals surface area contributed by atoms with Gasteiger partial charge in [-0.2, -0.15) is 0 Å². The molecule has 2 fully saturated rings. The first kappa shape index (κ1) is 21.5. The van der Waals surface area contributed by atoms with Crippen LogP contribution in [0.3, 0.4) is 0 Å². The molecule has 2 aliphatic heterocycles. The topological polar surface area (TPSA) is 73.5 Å². The lowest BCUT2D eigenvalue weighted by atomic mass is 9.93. The summed E-state index contributed by atoms with van der Waals surface area (Å²) in [5.74, 6) is 0.969. The molecular weight excluding hydrogens is 364 g/mol. The fourth-order valence-corrected chi connectivity index (χ4v) is 3.80. The van der Waals surface area contributed by atoms with Crippen molar-refractivity contribution in [2.24, 2.45) is 5.92 Å². The maximum Gasteiger partial charge on any atom is 0.319 e. The van der Waals surface area contributed by atoms with Gasteiger partial charge in [-0.15, -0.1) is 12.4 Å². The van der Waals surface area contributed by atoms with Crippen LogP contribution in [-0.4, -0.2) is 49.1 Å². The molecule has 150 valence electrons. The first-order chi connectivity index (χ1) is 12.7. The molecule has 2 aliphatic rings. The molecule has 27 heavy (non-hydrogen) atoms. The van der Waals surface area contributed by atoms with Crippen molar-refractivity contribution in [3.63, 3.8) is 0 Å². The van der Waals surface area contributed by atoms with Crippen LogP contribution in [0.25, 0.3) is 0 Å². The van der Waals surface area contributed by atoms with Gasteiger partial charge in [-0.25, -0.2) is 4.79 Å². The molecule has 1 aromatic rings. The predicted molar refractivity (Wildman–Crippen MR) is 110 cm³/mol. The summed E-state index contributed by atoms with van der Waals surface area (Å²) in [5.41, 5.74) is 0.788. The van der Waals surface area contributed by atoms with E-state index in [0.29, 0.717) is 12.3 Å². The van der Waals surface area contributed by atoms with Crippen molar-refractivity contribution in [3.8, 4) is 0 Å². The molecule has 0 bridgehead atoms. The Labute approximate surface area is 167 Å². The molecule has 3 amide bonds. The molecule has 2 saturated heterocycles. The minimum Gasteiger partial charge on any atom is -0.343 e. The number of urea groups is 1. The summed E-state index contributed by atoms with van der Waals surface area (Å²) in [7, 11) is 0. The lowest BCUT2D eigenvalue weighted by Crippen LogP contribution is -2.47. The number of piperidine rings is 2. The second-order valence-corrected chi connectivity index (χ2v) is 7.35. The summed E-state index contributed by atoms with van der Waals surface area (Å²) >= 11 is 0. The second-order valence-electron chi connectivity index (χ2n) is 7.35. The molecule has 0 aromatic heterocycles. The Bertz CT molecular complexity index is 585. The van der Waals surface area contributed by atoms with Gasteiger partial charge in [0.2, 0.25) is 5.91 Å². The lowest BCUT2D eigenvalue weighted by molar-refractivity contribution is -0.132. The van der Waals surface area contributed by atoms with Crippen LogP contribution in [0.5, 0.6) is 0 Å². The van der Waals surface area contributed by atoms with Gasteiger partial charge in [0.25, 0.3) is 0 Å². The average molecular weight is 395 g/mol. The summed E-state index contributed by atoms with van der Waals surface area (Å²) in [4.78, 5) is 26.5. The number of benzene rings is 1. The summed E-state index contributed by atoms with van der Waals surface area (Å²) in [6.07, 6.45) is 5.70. The molecule has 3 rings (SSSR count). The Morgan fingerprint density at radius 1 is 1.04 bits per heavy atom. The quantitative estimate of drug-likeness (QED) is 0.718. The van der Waals surface area contributed by atoms with Crippen molar-refractivity contribution in [1.82, 2.24) is 15.5 Å². The van der Waals surface area contributed by atoms with Crippen molar-refractivity contribution in [2.75, 3.05) is 31.5 Å². The van der Waals surface area contributed by atoms with Gasteiger partial charge in [-0.3, -0.25) is 4.79 Å². The molecular formula is C20H31ClN4O2. The van der Waals surface area contributed by atoms with Crippen molar-refractivity contribution in [3.05, 3.63) is 30.3 Å². The number of nitrogens with one attached hydrogen (secondary N) is 3. The van der Waals surface area contributed by atoms with E-state index in [1.807, 2.05) is 35.2 Å². The normalized spacial score (nSPS) is 18.4. The number of anilines is 1. The van der Waals surface area contributed by atoms with E-state index in [-0.39, 0.29) is 30.4 Å². The van der Waals surface area contributed by atoms with Crippen LogP contribution in [0.4, 0.5) is 10.5 Å². The van der Waals surface area contributed by atoms with Gasteiger partial charge in [-0.1, -0.05) is 18.2 Å². The molecule has 0 radical (unpaired) electrons. The number of halogens is 1. The van der Waals surface area contributed by atoms with Gasteiger partial charge >= 0.3 is 6.03 Å². The third kappa shape index (κ3) is 7.03.